The molecule has 1 fully saturated rings. The zero-order chi connectivity index (χ0) is 13.9. The SMILES string of the molecule is COC(=O)c1ncccc1N1CCOCC(O)(Cl)C1. The Morgan fingerprint density at radius 1 is 1.68 bits per heavy atom. The number of esters is 1. The molecule has 1 N–H and O–H groups in total. The van der Waals surface area contributed by atoms with Crippen molar-refractivity contribution >= 4 is 23.3 Å². The summed E-state index contributed by atoms with van der Waals surface area (Å²) in [5, 5.41) is 8.45. The van der Waals surface area contributed by atoms with Crippen molar-refractivity contribution in [3.8, 4) is 0 Å². The van der Waals surface area contributed by atoms with Crippen LogP contribution in [0.5, 0.6) is 0 Å². The molecule has 0 radical (unpaired) electrons. The molecular weight excluding hydrogens is 272 g/mol. The van der Waals surface area contributed by atoms with E-state index in [4.69, 9.17) is 21.1 Å². The van der Waals surface area contributed by atoms with E-state index in [1.807, 2.05) is 0 Å². The van der Waals surface area contributed by atoms with Gasteiger partial charge in [0.25, 0.3) is 0 Å². The van der Waals surface area contributed by atoms with Crippen molar-refractivity contribution in [2.24, 2.45) is 0 Å². The molecule has 0 amide bonds. The molecule has 6 nitrogen and oxygen atoms in total. The van der Waals surface area contributed by atoms with Crippen LogP contribution in [-0.2, 0) is 9.47 Å². The first-order valence-electron chi connectivity index (χ1n) is 5.81. The predicted molar refractivity (Wildman–Crippen MR) is 69.4 cm³/mol. The number of anilines is 1. The van der Waals surface area contributed by atoms with Crippen LogP contribution in [0.25, 0.3) is 0 Å². The first kappa shape index (κ1) is 14.0. The van der Waals surface area contributed by atoms with Gasteiger partial charge in [-0.1, -0.05) is 11.6 Å². The van der Waals surface area contributed by atoms with Crippen LogP contribution in [0.1, 0.15) is 10.5 Å². The number of carbonyl (C=O) groups excluding carboxylic acids is 1. The summed E-state index contributed by atoms with van der Waals surface area (Å²) in [6, 6.07) is 3.44. The first-order valence-corrected chi connectivity index (χ1v) is 6.18. The highest BCUT2D eigenvalue weighted by Crippen LogP contribution is 2.25. The number of alkyl halides is 1. The van der Waals surface area contributed by atoms with Crippen molar-refractivity contribution in [3.63, 3.8) is 0 Å². The third-order valence-electron chi connectivity index (χ3n) is 2.77. The summed E-state index contributed by atoms with van der Waals surface area (Å²) in [5.41, 5.74) is 0.762. The maximum absolute atomic E-state index is 11.7. The predicted octanol–water partition coefficient (Wildman–Crippen LogP) is 0.632. The molecule has 2 rings (SSSR count). The normalized spacial score (nSPS) is 23.8. The smallest absolute Gasteiger partial charge is 0.358 e. The van der Waals surface area contributed by atoms with Crippen LogP contribution in [0.15, 0.2) is 18.3 Å². The van der Waals surface area contributed by atoms with Gasteiger partial charge in [-0.2, -0.15) is 0 Å². The molecule has 1 saturated heterocycles. The number of β-amino-alcohol motifs (C(OH)–C–C–N with tert-alkyl or cyclic N) is 1. The van der Waals surface area contributed by atoms with Crippen LogP contribution in [0, 0.1) is 0 Å². The maximum Gasteiger partial charge on any atom is 0.358 e. The third-order valence-corrected chi connectivity index (χ3v) is 3.00. The lowest BCUT2D eigenvalue weighted by molar-refractivity contribution is 0.0323. The number of hydrogen-bond donors (Lipinski definition) is 1. The standard InChI is InChI=1S/C12H15ClN2O4/c1-18-11(16)10-9(3-2-4-14-10)15-5-6-19-8-12(13,17)7-15/h2-4,17H,5-8H2,1H3. The van der Waals surface area contributed by atoms with E-state index in [2.05, 4.69) is 4.98 Å². The van der Waals surface area contributed by atoms with E-state index in [1.54, 1.807) is 17.0 Å². The molecule has 0 spiro atoms. The van der Waals surface area contributed by atoms with E-state index < -0.39 is 11.0 Å². The second-order valence-electron chi connectivity index (χ2n) is 4.25. The fourth-order valence-corrected chi connectivity index (χ4v) is 2.15. The van der Waals surface area contributed by atoms with Gasteiger partial charge in [-0.3, -0.25) is 0 Å². The summed E-state index contributed by atoms with van der Waals surface area (Å²) < 4.78 is 9.92. The number of rotatable bonds is 2. The fraction of sp³-hybridized carbons (Fsp3) is 0.500. The quantitative estimate of drug-likeness (QED) is 0.635. The van der Waals surface area contributed by atoms with Gasteiger partial charge >= 0.3 is 5.97 Å². The zero-order valence-corrected chi connectivity index (χ0v) is 11.3. The minimum atomic E-state index is -1.49. The van der Waals surface area contributed by atoms with Crippen molar-refractivity contribution in [2.45, 2.75) is 5.06 Å². The van der Waals surface area contributed by atoms with Crippen LogP contribution in [0.3, 0.4) is 0 Å². The summed E-state index contributed by atoms with van der Waals surface area (Å²) in [6.07, 6.45) is 1.51. The van der Waals surface area contributed by atoms with E-state index in [-0.39, 0.29) is 18.8 Å². The Kier molecular flexibility index (Phi) is 4.24. The third kappa shape index (κ3) is 3.34. The number of halogens is 1. The lowest BCUT2D eigenvalue weighted by Gasteiger charge is -2.28. The van der Waals surface area contributed by atoms with Gasteiger partial charge < -0.3 is 19.5 Å². The molecule has 7 heteroatoms. The van der Waals surface area contributed by atoms with Crippen LogP contribution < -0.4 is 4.90 Å². The number of aromatic nitrogens is 1. The van der Waals surface area contributed by atoms with Gasteiger partial charge in [0.15, 0.2) is 10.8 Å². The summed E-state index contributed by atoms with van der Waals surface area (Å²) in [7, 11) is 1.30. The molecule has 1 aromatic heterocycles. The summed E-state index contributed by atoms with van der Waals surface area (Å²) in [5.74, 6) is -0.529. The molecule has 0 bridgehead atoms. The van der Waals surface area contributed by atoms with Gasteiger partial charge in [0, 0.05) is 12.7 Å². The maximum atomic E-state index is 11.7. The van der Waals surface area contributed by atoms with E-state index in [9.17, 15) is 9.90 Å². The minimum absolute atomic E-state index is 0.0406. The molecule has 104 valence electrons. The van der Waals surface area contributed by atoms with Gasteiger partial charge in [-0.05, 0) is 12.1 Å². The molecule has 19 heavy (non-hydrogen) atoms. The second-order valence-corrected chi connectivity index (χ2v) is 4.96. The number of ether oxygens (including phenoxy) is 2. The number of hydrogen-bond acceptors (Lipinski definition) is 6. The fourth-order valence-electron chi connectivity index (χ4n) is 1.93. The van der Waals surface area contributed by atoms with Gasteiger partial charge in [-0.25, -0.2) is 9.78 Å². The molecule has 1 aliphatic heterocycles. The monoisotopic (exact) mass is 286 g/mol. The largest absolute Gasteiger partial charge is 0.464 e. The van der Waals surface area contributed by atoms with Crippen molar-refractivity contribution in [3.05, 3.63) is 24.0 Å². The Labute approximate surface area is 115 Å². The molecule has 1 atom stereocenters. The van der Waals surface area contributed by atoms with Crippen molar-refractivity contribution < 1.29 is 19.4 Å². The highest BCUT2D eigenvalue weighted by Gasteiger charge is 2.31. The van der Waals surface area contributed by atoms with E-state index in [0.717, 1.165) is 0 Å². The summed E-state index contributed by atoms with van der Waals surface area (Å²) in [6.45, 7) is 1.10. The minimum Gasteiger partial charge on any atom is -0.464 e. The lowest BCUT2D eigenvalue weighted by atomic mass is 10.2. The van der Waals surface area contributed by atoms with Crippen LogP contribution in [0.4, 0.5) is 5.69 Å². The lowest BCUT2D eigenvalue weighted by Crippen LogP contribution is -2.40. The molecule has 1 aliphatic rings. The average Bonchev–Trinajstić information content (AvgIpc) is 2.58. The van der Waals surface area contributed by atoms with Crippen molar-refractivity contribution in [1.82, 2.24) is 4.98 Å². The van der Waals surface area contributed by atoms with Gasteiger partial charge in [0.05, 0.1) is 32.6 Å². The first-order chi connectivity index (χ1) is 9.03. The van der Waals surface area contributed by atoms with Gasteiger partial charge in [-0.15, -0.1) is 0 Å². The Bertz CT molecular complexity index is 467. The summed E-state index contributed by atoms with van der Waals surface area (Å²) >= 11 is 5.94. The van der Waals surface area contributed by atoms with Crippen LogP contribution in [0.2, 0.25) is 0 Å². The Morgan fingerprint density at radius 2 is 2.47 bits per heavy atom. The molecule has 1 unspecified atom stereocenters. The van der Waals surface area contributed by atoms with Crippen molar-refractivity contribution in [1.29, 1.82) is 0 Å². The van der Waals surface area contributed by atoms with E-state index in [0.29, 0.717) is 18.8 Å². The van der Waals surface area contributed by atoms with Crippen LogP contribution in [-0.4, -0.2) is 54.5 Å². The summed E-state index contributed by atoms with van der Waals surface area (Å²) in [4.78, 5) is 17.5. The molecule has 1 aromatic rings. The Morgan fingerprint density at radius 3 is 3.21 bits per heavy atom. The van der Waals surface area contributed by atoms with Crippen molar-refractivity contribution in [2.75, 3.05) is 38.3 Å². The number of methoxy groups -OCH3 is 1. The number of aliphatic hydroxyl groups is 1. The van der Waals surface area contributed by atoms with Gasteiger partial charge in [0.2, 0.25) is 0 Å². The molecule has 2 heterocycles. The van der Waals surface area contributed by atoms with Gasteiger partial charge in [0.1, 0.15) is 0 Å². The topological polar surface area (TPSA) is 71.9 Å². The molecule has 0 aliphatic carbocycles. The molecule has 0 aromatic carbocycles. The molecular formula is C12H15ClN2O4. The number of nitrogens with zero attached hydrogens (tertiary/aromatic N) is 2. The number of carbonyl (C=O) groups is 1. The second kappa shape index (κ2) is 5.73. The number of pyridine rings is 1. The highest BCUT2D eigenvalue weighted by molar-refractivity contribution is 6.23. The molecule has 0 saturated carbocycles. The Balaban J connectivity index is 2.32. The van der Waals surface area contributed by atoms with E-state index >= 15 is 0 Å². The Hall–Kier alpha value is -1.37. The zero-order valence-electron chi connectivity index (χ0n) is 10.5. The highest BCUT2D eigenvalue weighted by atomic mass is 35.5. The van der Waals surface area contributed by atoms with Crippen LogP contribution >= 0.6 is 11.6 Å². The average molecular weight is 287 g/mol. The van der Waals surface area contributed by atoms with E-state index in [1.165, 1.54) is 13.3 Å².